The molecule has 1 aromatic carbocycles. The fourth-order valence-electron chi connectivity index (χ4n) is 1.68. The molecule has 0 aliphatic rings. The molecule has 4 nitrogen and oxygen atoms in total. The van der Waals surface area contributed by atoms with E-state index in [1.807, 2.05) is 31.2 Å². The van der Waals surface area contributed by atoms with Gasteiger partial charge in [0.1, 0.15) is 5.69 Å². The lowest BCUT2D eigenvalue weighted by Gasteiger charge is -2.05. The summed E-state index contributed by atoms with van der Waals surface area (Å²) in [6.45, 7) is 2.41. The lowest BCUT2D eigenvalue weighted by Crippen LogP contribution is -2.26. The third-order valence-corrected chi connectivity index (χ3v) is 2.88. The van der Waals surface area contributed by atoms with Gasteiger partial charge in [-0.1, -0.05) is 23.7 Å². The number of rotatable bonds is 4. The number of hydrogen-bond donors (Lipinski definition) is 2. The van der Waals surface area contributed by atoms with Crippen molar-refractivity contribution in [3.63, 3.8) is 0 Å². The molecule has 0 bridgehead atoms. The Morgan fingerprint density at radius 2 is 2.33 bits per heavy atom. The minimum absolute atomic E-state index is 0.132. The maximum Gasteiger partial charge on any atom is 0.269 e. The van der Waals surface area contributed by atoms with Gasteiger partial charge in [0.25, 0.3) is 5.91 Å². The summed E-state index contributed by atoms with van der Waals surface area (Å²) in [5.41, 5.74) is 2.46. The molecule has 0 fully saturated rings. The number of carbonyl (C=O) groups excluding carboxylic acids is 1. The maximum absolute atomic E-state index is 11.8. The molecule has 5 heteroatoms. The number of hydrogen-bond acceptors (Lipinski definition) is 2. The van der Waals surface area contributed by atoms with Gasteiger partial charge in [0.05, 0.1) is 6.20 Å². The normalized spacial score (nSPS) is 10.3. The number of H-pyrrole nitrogens is 1. The van der Waals surface area contributed by atoms with Crippen molar-refractivity contribution >= 4 is 17.5 Å². The number of nitrogens with one attached hydrogen (secondary N) is 2. The van der Waals surface area contributed by atoms with Crippen molar-refractivity contribution in [1.29, 1.82) is 0 Å². The molecule has 94 valence electrons. The Balaban J connectivity index is 1.86. The van der Waals surface area contributed by atoms with Gasteiger partial charge < -0.3 is 5.32 Å². The summed E-state index contributed by atoms with van der Waals surface area (Å²) in [5.74, 6) is -0.132. The molecule has 0 aliphatic heterocycles. The zero-order valence-electron chi connectivity index (χ0n) is 10.0. The molecule has 18 heavy (non-hydrogen) atoms. The Hall–Kier alpha value is -1.81. The monoisotopic (exact) mass is 263 g/mol. The molecule has 0 radical (unpaired) electrons. The van der Waals surface area contributed by atoms with Crippen LogP contribution >= 0.6 is 11.6 Å². The smallest absolute Gasteiger partial charge is 0.269 e. The van der Waals surface area contributed by atoms with Crippen molar-refractivity contribution in [1.82, 2.24) is 15.5 Å². The molecule has 1 aromatic heterocycles. The Labute approximate surface area is 110 Å². The second-order valence-corrected chi connectivity index (χ2v) is 4.50. The Kier molecular flexibility index (Phi) is 3.99. The molecule has 2 aromatic rings. The Morgan fingerprint density at radius 1 is 1.50 bits per heavy atom. The van der Waals surface area contributed by atoms with E-state index in [4.69, 9.17) is 11.6 Å². The first-order valence-electron chi connectivity index (χ1n) is 5.69. The van der Waals surface area contributed by atoms with Crippen molar-refractivity contribution in [2.75, 3.05) is 6.54 Å². The van der Waals surface area contributed by atoms with Crippen LogP contribution in [0, 0.1) is 6.92 Å². The molecular formula is C13H14ClN3O. The van der Waals surface area contributed by atoms with Gasteiger partial charge in [-0.25, -0.2) is 0 Å². The maximum atomic E-state index is 11.8. The predicted octanol–water partition coefficient (Wildman–Crippen LogP) is 2.34. The first-order chi connectivity index (χ1) is 8.66. The van der Waals surface area contributed by atoms with Crippen LogP contribution in [0.15, 0.2) is 30.5 Å². The van der Waals surface area contributed by atoms with Gasteiger partial charge in [-0.15, -0.1) is 0 Å². The third kappa shape index (κ3) is 3.11. The van der Waals surface area contributed by atoms with E-state index >= 15 is 0 Å². The zero-order valence-corrected chi connectivity index (χ0v) is 10.8. The summed E-state index contributed by atoms with van der Waals surface area (Å²) >= 11 is 5.89. The Bertz CT molecular complexity index is 551. The molecule has 0 unspecified atom stereocenters. The van der Waals surface area contributed by atoms with Crippen LogP contribution in [0.3, 0.4) is 0 Å². The first kappa shape index (κ1) is 12.6. The highest BCUT2D eigenvalue weighted by Gasteiger charge is 2.09. The average molecular weight is 264 g/mol. The summed E-state index contributed by atoms with van der Waals surface area (Å²) in [6, 6.07) is 7.62. The van der Waals surface area contributed by atoms with Crippen molar-refractivity contribution in [3.05, 3.63) is 52.3 Å². The van der Waals surface area contributed by atoms with Crippen molar-refractivity contribution in [3.8, 4) is 0 Å². The third-order valence-electron chi connectivity index (χ3n) is 2.64. The number of aromatic amines is 1. The average Bonchev–Trinajstić information content (AvgIpc) is 2.75. The summed E-state index contributed by atoms with van der Waals surface area (Å²) in [7, 11) is 0. The number of nitrogens with zero attached hydrogens (tertiary/aromatic N) is 1. The highest BCUT2D eigenvalue weighted by Crippen LogP contribution is 2.10. The van der Waals surface area contributed by atoms with E-state index < -0.39 is 0 Å². The minimum Gasteiger partial charge on any atom is -0.350 e. The number of benzene rings is 1. The second kappa shape index (κ2) is 5.69. The summed E-state index contributed by atoms with van der Waals surface area (Å²) in [6.07, 6.45) is 2.38. The number of aromatic nitrogens is 2. The molecule has 2 rings (SSSR count). The summed E-state index contributed by atoms with van der Waals surface area (Å²) < 4.78 is 0. The second-order valence-electron chi connectivity index (χ2n) is 4.06. The molecular weight excluding hydrogens is 250 g/mol. The van der Waals surface area contributed by atoms with Gasteiger partial charge in [0.15, 0.2) is 0 Å². The number of amides is 1. The van der Waals surface area contributed by atoms with Crippen LogP contribution in [0.2, 0.25) is 5.02 Å². The van der Waals surface area contributed by atoms with Crippen molar-refractivity contribution < 1.29 is 4.79 Å². The molecule has 0 saturated heterocycles. The number of aryl methyl sites for hydroxylation is 1. The van der Waals surface area contributed by atoms with Gasteiger partial charge in [0, 0.05) is 11.6 Å². The molecule has 0 spiro atoms. The first-order valence-corrected chi connectivity index (χ1v) is 6.07. The molecule has 0 aliphatic carbocycles. The van der Waals surface area contributed by atoms with Crippen LogP contribution in [0.25, 0.3) is 0 Å². The SMILES string of the molecule is Cc1cn[nH]c1C(=O)NCCc1cccc(Cl)c1. The highest BCUT2D eigenvalue weighted by atomic mass is 35.5. The quantitative estimate of drug-likeness (QED) is 0.890. The van der Waals surface area contributed by atoms with Gasteiger partial charge in [-0.3, -0.25) is 9.89 Å². The summed E-state index contributed by atoms with van der Waals surface area (Å²) in [4.78, 5) is 11.8. The fraction of sp³-hybridized carbons (Fsp3) is 0.231. The Morgan fingerprint density at radius 3 is 3.00 bits per heavy atom. The van der Waals surface area contributed by atoms with Gasteiger partial charge in [0.2, 0.25) is 0 Å². The number of carbonyl (C=O) groups is 1. The highest BCUT2D eigenvalue weighted by molar-refractivity contribution is 6.30. The van der Waals surface area contributed by atoms with E-state index in [-0.39, 0.29) is 5.91 Å². The van der Waals surface area contributed by atoms with E-state index in [0.717, 1.165) is 17.5 Å². The molecule has 0 saturated carbocycles. The number of halogens is 1. The lowest BCUT2D eigenvalue weighted by molar-refractivity contribution is 0.0948. The van der Waals surface area contributed by atoms with Crippen LogP contribution in [-0.4, -0.2) is 22.6 Å². The lowest BCUT2D eigenvalue weighted by atomic mass is 10.1. The molecule has 0 atom stereocenters. The summed E-state index contributed by atoms with van der Waals surface area (Å²) in [5, 5.41) is 10.0. The van der Waals surface area contributed by atoms with E-state index in [2.05, 4.69) is 15.5 Å². The van der Waals surface area contributed by atoms with Crippen LogP contribution in [0.4, 0.5) is 0 Å². The van der Waals surface area contributed by atoms with Crippen LogP contribution in [0.5, 0.6) is 0 Å². The van der Waals surface area contributed by atoms with E-state index in [0.29, 0.717) is 17.3 Å². The topological polar surface area (TPSA) is 57.8 Å². The van der Waals surface area contributed by atoms with E-state index in [9.17, 15) is 4.79 Å². The van der Waals surface area contributed by atoms with Gasteiger partial charge in [-0.05, 0) is 36.6 Å². The van der Waals surface area contributed by atoms with Gasteiger partial charge in [-0.2, -0.15) is 5.10 Å². The van der Waals surface area contributed by atoms with Crippen LogP contribution < -0.4 is 5.32 Å². The van der Waals surface area contributed by atoms with Crippen LogP contribution in [-0.2, 0) is 6.42 Å². The molecule has 2 N–H and O–H groups in total. The minimum atomic E-state index is -0.132. The van der Waals surface area contributed by atoms with E-state index in [1.54, 1.807) is 6.20 Å². The van der Waals surface area contributed by atoms with Crippen molar-refractivity contribution in [2.24, 2.45) is 0 Å². The van der Waals surface area contributed by atoms with E-state index in [1.165, 1.54) is 0 Å². The largest absolute Gasteiger partial charge is 0.350 e. The fourth-order valence-corrected chi connectivity index (χ4v) is 1.89. The standard InChI is InChI=1S/C13H14ClN3O/c1-9-8-16-17-12(9)13(18)15-6-5-10-3-2-4-11(14)7-10/h2-4,7-8H,5-6H2,1H3,(H,15,18)(H,16,17). The molecule has 1 amide bonds. The molecule has 1 heterocycles. The van der Waals surface area contributed by atoms with Gasteiger partial charge >= 0.3 is 0 Å². The van der Waals surface area contributed by atoms with Crippen LogP contribution in [0.1, 0.15) is 21.6 Å². The predicted molar refractivity (Wildman–Crippen MR) is 70.8 cm³/mol. The zero-order chi connectivity index (χ0) is 13.0. The van der Waals surface area contributed by atoms with Crippen molar-refractivity contribution in [2.45, 2.75) is 13.3 Å².